The Bertz CT molecular complexity index is 959. The minimum Gasteiger partial charge on any atom is -0.331 e. The number of likely N-dealkylation sites (tertiary alicyclic amines) is 1. The van der Waals surface area contributed by atoms with E-state index in [2.05, 4.69) is 20.9 Å². The van der Waals surface area contributed by atoms with E-state index in [0.29, 0.717) is 17.4 Å². The fourth-order valence-corrected chi connectivity index (χ4v) is 4.82. The van der Waals surface area contributed by atoms with E-state index >= 15 is 0 Å². The molecule has 4 rings (SSSR count). The second kappa shape index (κ2) is 9.69. The predicted molar refractivity (Wildman–Crippen MR) is 124 cm³/mol. The van der Waals surface area contributed by atoms with Crippen molar-refractivity contribution >= 4 is 23.3 Å². The molecule has 1 saturated heterocycles. The Kier molecular flexibility index (Phi) is 6.74. The van der Waals surface area contributed by atoms with Crippen LogP contribution in [0.4, 0.5) is 20.6 Å². The average molecular weight is 439 g/mol. The number of rotatable bonds is 7. The average Bonchev–Trinajstić information content (AvgIpc) is 3.14. The fraction of sp³-hybridized carbons (Fsp3) is 0.440. The molecule has 1 aliphatic heterocycles. The smallest absolute Gasteiger partial charge is 0.319 e. The van der Waals surface area contributed by atoms with Crippen molar-refractivity contribution in [2.75, 3.05) is 23.7 Å². The SMILES string of the molecule is CC(=O)Nc1cccc(NC(=O)NC2(CN3CCCC3Cc3ccc(F)cc3)CCC2)c1. The zero-order valence-corrected chi connectivity index (χ0v) is 18.5. The molecule has 7 heteroatoms. The number of amides is 3. The van der Waals surface area contributed by atoms with Gasteiger partial charge in [0.25, 0.3) is 0 Å². The highest BCUT2D eigenvalue weighted by Gasteiger charge is 2.42. The minimum absolute atomic E-state index is 0.152. The Morgan fingerprint density at radius 3 is 2.44 bits per heavy atom. The lowest BCUT2D eigenvalue weighted by atomic mass is 9.76. The molecule has 6 nitrogen and oxygen atoms in total. The summed E-state index contributed by atoms with van der Waals surface area (Å²) in [5.74, 6) is -0.357. The van der Waals surface area contributed by atoms with E-state index in [1.54, 1.807) is 24.3 Å². The highest BCUT2D eigenvalue weighted by Crippen LogP contribution is 2.35. The molecule has 2 aliphatic rings. The predicted octanol–water partition coefficient (Wildman–Crippen LogP) is 4.54. The Hall–Kier alpha value is -2.93. The standard InChI is InChI=1S/C25H31FN4O2/c1-18(31)27-21-5-2-6-22(16-21)28-24(32)29-25(12-4-13-25)17-30-14-3-7-23(30)15-19-8-10-20(26)11-9-19/h2,5-6,8-11,16,23H,3-4,7,12-15,17H2,1H3,(H,27,31)(H2,28,29,32). The molecule has 3 N–H and O–H groups in total. The molecule has 32 heavy (non-hydrogen) atoms. The van der Waals surface area contributed by atoms with Crippen molar-refractivity contribution < 1.29 is 14.0 Å². The van der Waals surface area contributed by atoms with Crippen LogP contribution >= 0.6 is 0 Å². The van der Waals surface area contributed by atoms with Gasteiger partial charge in [-0.1, -0.05) is 18.2 Å². The number of carbonyl (C=O) groups excluding carboxylic acids is 2. The maximum atomic E-state index is 13.2. The molecule has 2 aromatic carbocycles. The molecular formula is C25H31FN4O2. The van der Waals surface area contributed by atoms with E-state index in [9.17, 15) is 14.0 Å². The third-order valence-corrected chi connectivity index (χ3v) is 6.52. The van der Waals surface area contributed by atoms with Crippen molar-refractivity contribution in [1.82, 2.24) is 10.2 Å². The third kappa shape index (κ3) is 5.65. The first-order valence-electron chi connectivity index (χ1n) is 11.4. The molecule has 1 unspecified atom stereocenters. The van der Waals surface area contributed by atoms with Gasteiger partial charge in [-0.15, -0.1) is 0 Å². The van der Waals surface area contributed by atoms with E-state index in [1.807, 2.05) is 12.1 Å². The molecule has 3 amide bonds. The third-order valence-electron chi connectivity index (χ3n) is 6.52. The van der Waals surface area contributed by atoms with Crippen LogP contribution in [-0.2, 0) is 11.2 Å². The van der Waals surface area contributed by atoms with Gasteiger partial charge in [-0.05, 0) is 81.0 Å². The van der Waals surface area contributed by atoms with E-state index in [4.69, 9.17) is 0 Å². The first-order chi connectivity index (χ1) is 15.4. The summed E-state index contributed by atoms with van der Waals surface area (Å²) in [5.41, 5.74) is 2.22. The molecule has 0 aromatic heterocycles. The number of nitrogens with one attached hydrogen (secondary N) is 3. The summed E-state index contributed by atoms with van der Waals surface area (Å²) >= 11 is 0. The van der Waals surface area contributed by atoms with Crippen molar-refractivity contribution in [3.05, 3.63) is 59.9 Å². The number of hydrogen-bond donors (Lipinski definition) is 3. The van der Waals surface area contributed by atoms with Crippen molar-refractivity contribution in [3.8, 4) is 0 Å². The number of nitrogens with zero attached hydrogens (tertiary/aromatic N) is 1. The van der Waals surface area contributed by atoms with Crippen LogP contribution in [0.2, 0.25) is 0 Å². The van der Waals surface area contributed by atoms with Crippen molar-refractivity contribution in [2.45, 2.75) is 57.0 Å². The van der Waals surface area contributed by atoms with Gasteiger partial charge in [0.05, 0.1) is 5.54 Å². The summed E-state index contributed by atoms with van der Waals surface area (Å²) in [7, 11) is 0. The van der Waals surface area contributed by atoms with Gasteiger partial charge in [-0.25, -0.2) is 9.18 Å². The van der Waals surface area contributed by atoms with Gasteiger partial charge < -0.3 is 16.0 Å². The molecule has 2 aromatic rings. The normalized spacial score (nSPS) is 19.8. The highest BCUT2D eigenvalue weighted by molar-refractivity contribution is 5.92. The van der Waals surface area contributed by atoms with Gasteiger partial charge in [0.1, 0.15) is 5.82 Å². The van der Waals surface area contributed by atoms with Crippen LogP contribution in [0.25, 0.3) is 0 Å². The van der Waals surface area contributed by atoms with Gasteiger partial charge in [0.15, 0.2) is 0 Å². The second-order valence-corrected chi connectivity index (χ2v) is 9.07. The molecule has 0 radical (unpaired) electrons. The van der Waals surface area contributed by atoms with Crippen LogP contribution < -0.4 is 16.0 Å². The monoisotopic (exact) mass is 438 g/mol. The number of carbonyl (C=O) groups is 2. The van der Waals surface area contributed by atoms with Crippen LogP contribution in [0.5, 0.6) is 0 Å². The highest BCUT2D eigenvalue weighted by atomic mass is 19.1. The Balaban J connectivity index is 1.35. The molecule has 0 bridgehead atoms. The van der Waals surface area contributed by atoms with Gasteiger partial charge in [-0.2, -0.15) is 0 Å². The lowest BCUT2D eigenvalue weighted by Crippen LogP contribution is -2.61. The molecule has 2 fully saturated rings. The number of urea groups is 1. The topological polar surface area (TPSA) is 73.5 Å². The Labute approximate surface area is 188 Å². The summed E-state index contributed by atoms with van der Waals surface area (Å²) in [4.78, 5) is 26.5. The number of anilines is 2. The number of halogens is 1. The summed E-state index contributed by atoms with van der Waals surface area (Å²) < 4.78 is 13.2. The van der Waals surface area contributed by atoms with E-state index in [1.165, 1.54) is 19.1 Å². The molecular weight excluding hydrogens is 407 g/mol. The summed E-state index contributed by atoms with van der Waals surface area (Å²) in [6, 6.07) is 14.1. The van der Waals surface area contributed by atoms with E-state index in [0.717, 1.165) is 57.2 Å². The van der Waals surface area contributed by atoms with Crippen molar-refractivity contribution in [2.24, 2.45) is 0 Å². The molecule has 1 saturated carbocycles. The molecule has 1 atom stereocenters. The summed E-state index contributed by atoms with van der Waals surface area (Å²) in [5, 5.41) is 8.86. The van der Waals surface area contributed by atoms with Crippen LogP contribution in [0.15, 0.2) is 48.5 Å². The number of hydrogen-bond acceptors (Lipinski definition) is 3. The lowest BCUT2D eigenvalue weighted by molar-refractivity contribution is -0.114. The second-order valence-electron chi connectivity index (χ2n) is 9.07. The largest absolute Gasteiger partial charge is 0.331 e. The summed E-state index contributed by atoms with van der Waals surface area (Å²) in [6.45, 7) is 3.31. The summed E-state index contributed by atoms with van der Waals surface area (Å²) in [6.07, 6.45) is 6.20. The van der Waals surface area contributed by atoms with Crippen LogP contribution in [0, 0.1) is 5.82 Å². The maximum Gasteiger partial charge on any atom is 0.319 e. The molecule has 1 aliphatic carbocycles. The van der Waals surface area contributed by atoms with Gasteiger partial charge in [-0.3, -0.25) is 9.69 Å². The van der Waals surface area contributed by atoms with Crippen molar-refractivity contribution in [3.63, 3.8) is 0 Å². The van der Waals surface area contributed by atoms with Crippen LogP contribution in [0.3, 0.4) is 0 Å². The van der Waals surface area contributed by atoms with Crippen molar-refractivity contribution in [1.29, 1.82) is 0 Å². The minimum atomic E-state index is -0.223. The van der Waals surface area contributed by atoms with Gasteiger partial charge in [0.2, 0.25) is 5.91 Å². The van der Waals surface area contributed by atoms with Gasteiger partial charge in [0, 0.05) is 30.9 Å². The molecule has 0 spiro atoms. The molecule has 1 heterocycles. The van der Waals surface area contributed by atoms with E-state index in [-0.39, 0.29) is 23.3 Å². The fourth-order valence-electron chi connectivity index (χ4n) is 4.82. The quantitative estimate of drug-likeness (QED) is 0.594. The zero-order valence-electron chi connectivity index (χ0n) is 18.5. The molecule has 170 valence electrons. The lowest BCUT2D eigenvalue weighted by Gasteiger charge is -2.46. The first-order valence-corrected chi connectivity index (χ1v) is 11.4. The Morgan fingerprint density at radius 2 is 1.78 bits per heavy atom. The van der Waals surface area contributed by atoms with E-state index < -0.39 is 0 Å². The Morgan fingerprint density at radius 1 is 1.06 bits per heavy atom. The number of benzene rings is 2. The maximum absolute atomic E-state index is 13.2. The zero-order chi connectivity index (χ0) is 22.6. The first kappa shape index (κ1) is 22.3. The van der Waals surface area contributed by atoms with Crippen LogP contribution in [-0.4, -0.2) is 41.5 Å². The van der Waals surface area contributed by atoms with Gasteiger partial charge >= 0.3 is 6.03 Å². The van der Waals surface area contributed by atoms with Crippen LogP contribution in [0.1, 0.15) is 44.6 Å².